The third kappa shape index (κ3) is 4.98. The minimum absolute atomic E-state index is 0.0194. The second-order valence-electron chi connectivity index (χ2n) is 9.01. The van der Waals surface area contributed by atoms with Crippen LogP contribution in [0.25, 0.3) is 0 Å². The summed E-state index contributed by atoms with van der Waals surface area (Å²) in [6.07, 6.45) is 6.76. The Morgan fingerprint density at radius 3 is 2.57 bits per heavy atom. The van der Waals surface area contributed by atoms with Crippen LogP contribution in [0.2, 0.25) is 0 Å². The molecule has 2 aromatic rings. The maximum Gasteiger partial charge on any atom is 0.230 e. The molecule has 2 aromatic heterocycles. The topological polar surface area (TPSA) is 63.1 Å². The number of rotatable bonds is 5. The molecular weight excluding hydrogens is 350 g/mol. The third-order valence-corrected chi connectivity index (χ3v) is 5.54. The lowest BCUT2D eigenvalue weighted by Crippen LogP contribution is -2.42. The van der Waals surface area contributed by atoms with E-state index in [-0.39, 0.29) is 5.91 Å². The molecule has 0 aliphatic carbocycles. The molecule has 0 unspecified atom stereocenters. The fourth-order valence-corrected chi connectivity index (χ4v) is 3.63. The Kier molecular flexibility index (Phi) is 6.18. The van der Waals surface area contributed by atoms with Gasteiger partial charge in [0.05, 0.1) is 12.2 Å². The predicted octanol–water partition coefficient (Wildman–Crippen LogP) is 3.84. The molecule has 6 heteroatoms. The molecule has 3 heterocycles. The van der Waals surface area contributed by atoms with Crippen molar-refractivity contribution in [2.75, 3.05) is 18.4 Å². The molecular formula is C22H33N5O. The third-order valence-electron chi connectivity index (χ3n) is 5.54. The van der Waals surface area contributed by atoms with Crippen LogP contribution in [0.1, 0.15) is 57.8 Å². The number of nitrogens with zero attached hydrogens (tertiary/aromatic N) is 4. The van der Waals surface area contributed by atoms with Crippen molar-refractivity contribution in [3.8, 4) is 0 Å². The molecule has 0 aromatic carbocycles. The largest absolute Gasteiger partial charge is 0.310 e. The summed E-state index contributed by atoms with van der Waals surface area (Å²) in [4.78, 5) is 19.4. The quantitative estimate of drug-likeness (QED) is 0.852. The zero-order valence-electron chi connectivity index (χ0n) is 17.8. The highest BCUT2D eigenvalue weighted by molar-refractivity contribution is 5.93. The summed E-state index contributed by atoms with van der Waals surface area (Å²) in [6.45, 7) is 12.2. The van der Waals surface area contributed by atoms with Gasteiger partial charge >= 0.3 is 0 Å². The van der Waals surface area contributed by atoms with Gasteiger partial charge in [0.2, 0.25) is 5.91 Å². The normalized spacial score (nSPS) is 17.5. The molecule has 1 aliphatic heterocycles. The molecule has 0 radical (unpaired) electrons. The molecule has 152 valence electrons. The molecule has 1 fully saturated rings. The summed E-state index contributed by atoms with van der Waals surface area (Å²) in [7, 11) is 0. The number of hydrogen-bond donors (Lipinski definition) is 1. The number of carbonyl (C=O) groups is 1. The van der Waals surface area contributed by atoms with E-state index >= 15 is 0 Å². The van der Waals surface area contributed by atoms with Gasteiger partial charge in [-0.25, -0.2) is 4.68 Å². The number of anilines is 1. The van der Waals surface area contributed by atoms with Crippen molar-refractivity contribution in [1.29, 1.82) is 0 Å². The highest BCUT2D eigenvalue weighted by Gasteiger charge is 2.27. The van der Waals surface area contributed by atoms with Crippen LogP contribution >= 0.6 is 0 Å². The number of hydrogen-bond acceptors (Lipinski definition) is 4. The van der Waals surface area contributed by atoms with Gasteiger partial charge < -0.3 is 10.2 Å². The van der Waals surface area contributed by atoms with Gasteiger partial charge in [0.25, 0.3) is 0 Å². The number of aryl methyl sites for hydroxylation is 1. The van der Waals surface area contributed by atoms with Crippen LogP contribution < -0.4 is 5.32 Å². The van der Waals surface area contributed by atoms with Crippen molar-refractivity contribution in [3.63, 3.8) is 0 Å². The first-order chi connectivity index (χ1) is 13.2. The molecule has 1 aliphatic rings. The average molecular weight is 384 g/mol. The van der Waals surface area contributed by atoms with E-state index < -0.39 is 5.41 Å². The monoisotopic (exact) mass is 383 g/mol. The second-order valence-corrected chi connectivity index (χ2v) is 9.01. The van der Waals surface area contributed by atoms with Gasteiger partial charge in [0.1, 0.15) is 5.82 Å². The summed E-state index contributed by atoms with van der Waals surface area (Å²) in [5.41, 5.74) is 1.93. The molecule has 1 saturated heterocycles. The van der Waals surface area contributed by atoms with Crippen LogP contribution in [0.4, 0.5) is 5.82 Å². The Balaban J connectivity index is 1.56. The predicted molar refractivity (Wildman–Crippen MR) is 112 cm³/mol. The molecule has 1 N–H and O–H groups in total. The van der Waals surface area contributed by atoms with Crippen LogP contribution in [0.5, 0.6) is 0 Å². The first-order valence-corrected chi connectivity index (χ1v) is 10.2. The molecule has 1 amide bonds. The van der Waals surface area contributed by atoms with Gasteiger partial charge in [-0.2, -0.15) is 5.10 Å². The number of aromatic nitrogens is 3. The number of carbonyl (C=O) groups excluding carboxylic acids is 1. The van der Waals surface area contributed by atoms with E-state index in [1.165, 1.54) is 5.56 Å². The molecule has 3 rings (SSSR count). The number of nitrogens with one attached hydrogen (secondary N) is 1. The van der Waals surface area contributed by atoms with E-state index in [1.54, 1.807) is 6.20 Å². The van der Waals surface area contributed by atoms with Crippen molar-refractivity contribution in [1.82, 2.24) is 19.7 Å². The number of pyridine rings is 1. The van der Waals surface area contributed by atoms with Gasteiger partial charge in [-0.15, -0.1) is 0 Å². The van der Waals surface area contributed by atoms with E-state index in [0.717, 1.165) is 43.9 Å². The van der Waals surface area contributed by atoms with Crippen molar-refractivity contribution in [2.45, 2.75) is 66.0 Å². The van der Waals surface area contributed by atoms with Gasteiger partial charge in [-0.3, -0.25) is 9.78 Å². The molecule has 6 nitrogen and oxygen atoms in total. The van der Waals surface area contributed by atoms with Gasteiger partial charge in [-0.05, 0) is 38.3 Å². The Hall–Kier alpha value is -2.21. The van der Waals surface area contributed by atoms with E-state index in [9.17, 15) is 4.79 Å². The highest BCUT2D eigenvalue weighted by Crippen LogP contribution is 2.27. The van der Waals surface area contributed by atoms with Gasteiger partial charge in [0, 0.05) is 48.9 Å². The summed E-state index contributed by atoms with van der Waals surface area (Å²) < 4.78 is 1.99. The van der Waals surface area contributed by atoms with Crippen LogP contribution in [-0.2, 0) is 11.2 Å². The van der Waals surface area contributed by atoms with Crippen molar-refractivity contribution in [3.05, 3.63) is 41.9 Å². The molecule has 28 heavy (non-hydrogen) atoms. The lowest BCUT2D eigenvalue weighted by Gasteiger charge is -2.36. The van der Waals surface area contributed by atoms with Crippen molar-refractivity contribution in [2.24, 2.45) is 5.41 Å². The Bertz CT molecular complexity index is 782. The molecule has 0 saturated carbocycles. The summed E-state index contributed by atoms with van der Waals surface area (Å²) in [5.74, 6) is 0.821. The zero-order valence-corrected chi connectivity index (χ0v) is 17.8. The standard InChI is InChI=1S/C22H33N5O/c1-16-6-7-18(23-15-16)14-17(2)26-12-9-19(10-13-26)27-20(8-11-24-27)25-21(28)22(3,4)5/h6-8,11,15,17,19H,9-10,12-14H2,1-5H3,(H,25,28)/t17-/m1/s1. The maximum absolute atomic E-state index is 12.3. The van der Waals surface area contributed by atoms with Crippen LogP contribution in [-0.4, -0.2) is 44.7 Å². The Labute approximate surface area is 168 Å². The SMILES string of the molecule is Cc1ccc(C[C@@H](C)N2CCC(n3nccc3NC(=O)C(C)(C)C)CC2)nc1. The lowest BCUT2D eigenvalue weighted by molar-refractivity contribution is -0.123. The van der Waals surface area contributed by atoms with Crippen LogP contribution in [0, 0.1) is 12.3 Å². The van der Waals surface area contributed by atoms with E-state index in [4.69, 9.17) is 0 Å². The number of amides is 1. The number of likely N-dealkylation sites (tertiary alicyclic amines) is 1. The van der Waals surface area contributed by atoms with Crippen molar-refractivity contribution < 1.29 is 4.79 Å². The number of piperidine rings is 1. The summed E-state index contributed by atoms with van der Waals surface area (Å²) in [6, 6.07) is 6.95. The highest BCUT2D eigenvalue weighted by atomic mass is 16.2. The van der Waals surface area contributed by atoms with E-state index in [2.05, 4.69) is 46.3 Å². The van der Waals surface area contributed by atoms with E-state index in [0.29, 0.717) is 12.1 Å². The first kappa shape index (κ1) is 20.5. The van der Waals surface area contributed by atoms with Crippen LogP contribution in [0.15, 0.2) is 30.6 Å². The fourth-order valence-electron chi connectivity index (χ4n) is 3.63. The average Bonchev–Trinajstić information content (AvgIpc) is 3.11. The van der Waals surface area contributed by atoms with Crippen molar-refractivity contribution >= 4 is 11.7 Å². The van der Waals surface area contributed by atoms with Crippen LogP contribution in [0.3, 0.4) is 0 Å². The zero-order chi connectivity index (χ0) is 20.3. The summed E-state index contributed by atoms with van der Waals surface area (Å²) >= 11 is 0. The lowest BCUT2D eigenvalue weighted by atomic mass is 9.96. The Morgan fingerprint density at radius 1 is 1.25 bits per heavy atom. The molecule has 0 spiro atoms. The second kappa shape index (κ2) is 8.43. The molecule has 0 bridgehead atoms. The van der Waals surface area contributed by atoms with E-state index in [1.807, 2.05) is 37.7 Å². The first-order valence-electron chi connectivity index (χ1n) is 10.2. The van der Waals surface area contributed by atoms with Gasteiger partial charge in [-0.1, -0.05) is 26.8 Å². The fraction of sp³-hybridized carbons (Fsp3) is 0.591. The summed E-state index contributed by atoms with van der Waals surface area (Å²) in [5, 5.41) is 7.53. The minimum atomic E-state index is -0.419. The smallest absolute Gasteiger partial charge is 0.230 e. The Morgan fingerprint density at radius 2 is 1.96 bits per heavy atom. The molecule has 1 atom stereocenters. The minimum Gasteiger partial charge on any atom is -0.310 e. The maximum atomic E-state index is 12.3. The van der Waals surface area contributed by atoms with Gasteiger partial charge in [0.15, 0.2) is 0 Å².